The number of hydrogen-bond donors (Lipinski definition) is 2. The van der Waals surface area contributed by atoms with Gasteiger partial charge in [0.25, 0.3) is 5.91 Å². The van der Waals surface area contributed by atoms with Gasteiger partial charge in [0.15, 0.2) is 17.4 Å². The molecule has 0 saturated carbocycles. The summed E-state index contributed by atoms with van der Waals surface area (Å²) in [5.74, 6) is -3.32. The summed E-state index contributed by atoms with van der Waals surface area (Å²) >= 11 is 0. The van der Waals surface area contributed by atoms with Crippen molar-refractivity contribution >= 4 is 22.5 Å². The fourth-order valence-corrected chi connectivity index (χ4v) is 3.64. The fourth-order valence-electron chi connectivity index (χ4n) is 3.26. The lowest BCUT2D eigenvalue weighted by molar-refractivity contribution is -0.274. The summed E-state index contributed by atoms with van der Waals surface area (Å²) in [4.78, 5) is 15.9. The molecule has 2 aromatic carbocycles. The molecular formula is C19H18F5N3O4S. The van der Waals surface area contributed by atoms with E-state index in [0.717, 1.165) is 18.2 Å². The lowest BCUT2D eigenvalue weighted by atomic mass is 10.1. The van der Waals surface area contributed by atoms with E-state index in [1.807, 2.05) is 9.62 Å². The van der Waals surface area contributed by atoms with Crippen LogP contribution in [0.1, 0.15) is 15.9 Å². The minimum absolute atomic E-state index is 0.124. The Bertz CT molecular complexity index is 1060. The van der Waals surface area contributed by atoms with Gasteiger partial charge in [0.05, 0.1) is 5.69 Å². The summed E-state index contributed by atoms with van der Waals surface area (Å²) in [6, 6.07) is 6.87. The second kappa shape index (κ2) is 9.69. The van der Waals surface area contributed by atoms with Crippen molar-refractivity contribution in [2.24, 2.45) is 0 Å². The predicted molar refractivity (Wildman–Crippen MR) is 105 cm³/mol. The highest BCUT2D eigenvalue weighted by Crippen LogP contribution is 2.32. The Labute approximate surface area is 181 Å². The molecule has 1 aliphatic heterocycles. The smallest absolute Gasteiger partial charge is 0.404 e. The van der Waals surface area contributed by atoms with Crippen LogP contribution in [0.25, 0.3) is 0 Å². The van der Waals surface area contributed by atoms with E-state index in [9.17, 15) is 35.2 Å². The van der Waals surface area contributed by atoms with E-state index >= 15 is 0 Å². The van der Waals surface area contributed by atoms with Crippen molar-refractivity contribution in [2.75, 3.05) is 30.9 Å². The Morgan fingerprint density at radius 3 is 2.38 bits per heavy atom. The van der Waals surface area contributed by atoms with E-state index in [0.29, 0.717) is 13.1 Å². The van der Waals surface area contributed by atoms with Gasteiger partial charge < -0.3 is 9.64 Å². The highest BCUT2D eigenvalue weighted by Gasteiger charge is 2.33. The van der Waals surface area contributed by atoms with Gasteiger partial charge in [0.1, 0.15) is 0 Å². The molecule has 1 amide bonds. The minimum Gasteiger partial charge on any atom is -0.404 e. The van der Waals surface area contributed by atoms with Crippen molar-refractivity contribution in [3.63, 3.8) is 0 Å². The molecule has 0 radical (unpaired) electrons. The number of nitrogens with zero attached hydrogens (tertiary/aromatic N) is 2. The van der Waals surface area contributed by atoms with Crippen molar-refractivity contribution < 1.29 is 39.9 Å². The normalized spacial score (nSPS) is 15.1. The summed E-state index contributed by atoms with van der Waals surface area (Å²) in [7, 11) is -3.25. The SMILES string of the molecule is O=C(c1ccc(N[SH](=O)=O)c(OC(F)(F)F)c1)N1CCN(Cc2cccc(F)c2F)CC1. The van der Waals surface area contributed by atoms with E-state index in [2.05, 4.69) is 4.74 Å². The minimum atomic E-state index is -5.09. The van der Waals surface area contributed by atoms with E-state index in [-0.39, 0.29) is 30.8 Å². The van der Waals surface area contributed by atoms with E-state index in [4.69, 9.17) is 0 Å². The van der Waals surface area contributed by atoms with Crippen LogP contribution in [-0.4, -0.2) is 56.7 Å². The number of carbonyl (C=O) groups excluding carboxylic acids is 1. The molecule has 1 heterocycles. The molecule has 1 aliphatic rings. The molecular weight excluding hydrogens is 461 g/mol. The molecule has 2 aromatic rings. The molecule has 0 bridgehead atoms. The van der Waals surface area contributed by atoms with Crippen molar-refractivity contribution in [1.29, 1.82) is 0 Å². The highest BCUT2D eigenvalue weighted by molar-refractivity contribution is 7.73. The Morgan fingerprint density at radius 2 is 1.75 bits per heavy atom. The zero-order valence-corrected chi connectivity index (χ0v) is 17.3. The number of thiol groups is 1. The predicted octanol–water partition coefficient (Wildman–Crippen LogP) is 2.76. The van der Waals surface area contributed by atoms with Crippen LogP contribution in [0.15, 0.2) is 36.4 Å². The number of benzene rings is 2. The molecule has 0 aromatic heterocycles. The number of amides is 1. The van der Waals surface area contributed by atoms with Gasteiger partial charge in [-0.05, 0) is 24.3 Å². The van der Waals surface area contributed by atoms with Gasteiger partial charge in [-0.2, -0.15) is 0 Å². The molecule has 1 saturated heterocycles. The first-order valence-electron chi connectivity index (χ1n) is 9.29. The van der Waals surface area contributed by atoms with Crippen molar-refractivity contribution in [1.82, 2.24) is 9.80 Å². The number of ether oxygens (including phenoxy) is 1. The number of nitrogens with one attached hydrogen (secondary N) is 1. The van der Waals surface area contributed by atoms with Crippen LogP contribution in [0.2, 0.25) is 0 Å². The quantitative estimate of drug-likeness (QED) is 0.492. The number of alkyl halides is 3. The first kappa shape index (κ1) is 23.7. The molecule has 0 atom stereocenters. The lowest BCUT2D eigenvalue weighted by Gasteiger charge is -2.35. The molecule has 0 aliphatic carbocycles. The second-order valence-electron chi connectivity index (χ2n) is 6.91. The number of carbonyl (C=O) groups is 1. The Hall–Kier alpha value is -2.93. The van der Waals surface area contributed by atoms with Crippen LogP contribution in [0, 0.1) is 11.6 Å². The maximum Gasteiger partial charge on any atom is 0.573 e. The van der Waals surface area contributed by atoms with Crippen molar-refractivity contribution in [3.8, 4) is 5.75 Å². The highest BCUT2D eigenvalue weighted by atomic mass is 32.2. The Kier molecular flexibility index (Phi) is 7.19. The van der Waals surface area contributed by atoms with E-state index in [1.165, 1.54) is 23.1 Å². The largest absolute Gasteiger partial charge is 0.573 e. The van der Waals surface area contributed by atoms with Gasteiger partial charge in [-0.3, -0.25) is 14.4 Å². The van der Waals surface area contributed by atoms with Gasteiger partial charge in [-0.1, -0.05) is 12.1 Å². The number of anilines is 1. The first-order chi connectivity index (χ1) is 15.0. The molecule has 174 valence electrons. The average Bonchev–Trinajstić information content (AvgIpc) is 2.71. The van der Waals surface area contributed by atoms with Gasteiger partial charge in [-0.15, -0.1) is 13.2 Å². The third-order valence-corrected chi connectivity index (χ3v) is 5.17. The summed E-state index contributed by atoms with van der Waals surface area (Å²) < 4.78 is 92.5. The maximum atomic E-state index is 13.8. The molecule has 0 unspecified atom stereocenters. The zero-order valence-electron chi connectivity index (χ0n) is 16.4. The summed E-state index contributed by atoms with van der Waals surface area (Å²) in [5.41, 5.74) is -0.406. The second-order valence-corrected chi connectivity index (χ2v) is 7.65. The third-order valence-electron chi connectivity index (χ3n) is 4.75. The molecule has 0 spiro atoms. The Morgan fingerprint density at radius 1 is 1.06 bits per heavy atom. The number of halogens is 5. The van der Waals surface area contributed by atoms with Gasteiger partial charge in [0.2, 0.25) is 10.9 Å². The van der Waals surface area contributed by atoms with E-state index in [1.54, 1.807) is 0 Å². The fraction of sp³-hybridized carbons (Fsp3) is 0.316. The average molecular weight is 479 g/mol. The maximum absolute atomic E-state index is 13.8. The summed E-state index contributed by atoms with van der Waals surface area (Å²) in [5, 5.41) is 0. The molecule has 1 fully saturated rings. The van der Waals surface area contributed by atoms with Crippen LogP contribution in [0.5, 0.6) is 5.75 Å². The van der Waals surface area contributed by atoms with Gasteiger partial charge in [0, 0.05) is 43.9 Å². The molecule has 13 heteroatoms. The van der Waals surface area contributed by atoms with Crippen LogP contribution in [0.4, 0.5) is 27.6 Å². The monoisotopic (exact) mass is 479 g/mol. The molecule has 1 N–H and O–H groups in total. The van der Waals surface area contributed by atoms with E-state index < -0.39 is 46.2 Å². The van der Waals surface area contributed by atoms with Crippen LogP contribution < -0.4 is 9.46 Å². The molecule has 32 heavy (non-hydrogen) atoms. The number of rotatable bonds is 6. The van der Waals surface area contributed by atoms with Crippen LogP contribution in [0.3, 0.4) is 0 Å². The zero-order chi connectivity index (χ0) is 23.5. The summed E-state index contributed by atoms with van der Waals surface area (Å²) in [6.45, 7) is 1.23. The van der Waals surface area contributed by atoms with Gasteiger partial charge >= 0.3 is 6.36 Å². The standard InChI is InChI=1S/C19H18F5N3O4S/c20-14-3-1-2-13(17(14)21)11-26-6-8-27(9-7-26)18(28)12-4-5-15(25-32(29)30)16(10-12)31-19(22,23)24/h1-5,10,32H,6-9,11H2,(H,25,29,30). The molecule has 3 rings (SSSR count). The Balaban J connectivity index is 1.69. The van der Waals surface area contributed by atoms with Gasteiger partial charge in [-0.25, -0.2) is 17.2 Å². The van der Waals surface area contributed by atoms with Crippen LogP contribution in [-0.2, 0) is 17.4 Å². The summed E-state index contributed by atoms with van der Waals surface area (Å²) in [6.07, 6.45) is -5.09. The lowest BCUT2D eigenvalue weighted by Crippen LogP contribution is -2.48. The first-order valence-corrected chi connectivity index (χ1v) is 10.5. The number of piperazine rings is 1. The van der Waals surface area contributed by atoms with Crippen molar-refractivity contribution in [2.45, 2.75) is 12.9 Å². The third kappa shape index (κ3) is 6.07. The molecule has 7 nitrogen and oxygen atoms in total. The van der Waals surface area contributed by atoms with Crippen molar-refractivity contribution in [3.05, 3.63) is 59.2 Å². The topological polar surface area (TPSA) is 78.9 Å². The number of hydrogen-bond acceptors (Lipinski definition) is 5. The van der Waals surface area contributed by atoms with Crippen LogP contribution >= 0.6 is 0 Å².